The van der Waals surface area contributed by atoms with E-state index in [2.05, 4.69) is 30.3 Å². The van der Waals surface area contributed by atoms with E-state index in [0.717, 1.165) is 17.6 Å². The Bertz CT molecular complexity index is 1290. The van der Waals surface area contributed by atoms with Crippen LogP contribution in [0.5, 0.6) is 0 Å². The van der Waals surface area contributed by atoms with Crippen LogP contribution in [0.25, 0.3) is 5.65 Å². The number of para-hydroxylation sites is 2. The smallest absolute Gasteiger partial charge is 0.229 e. The Kier molecular flexibility index (Phi) is 4.95. The van der Waals surface area contributed by atoms with Gasteiger partial charge < -0.3 is 15.0 Å². The molecule has 0 atom stereocenters. The summed E-state index contributed by atoms with van der Waals surface area (Å²) in [5, 5.41) is 6.44. The van der Waals surface area contributed by atoms with Crippen LogP contribution in [0.3, 0.4) is 0 Å². The molecule has 0 aliphatic carbocycles. The summed E-state index contributed by atoms with van der Waals surface area (Å²) in [6.45, 7) is 0. The lowest BCUT2D eigenvalue weighted by molar-refractivity contribution is 0.607. The number of anilines is 5. The fourth-order valence-electron chi connectivity index (χ4n) is 2.64. The van der Waals surface area contributed by atoms with Crippen molar-refractivity contribution in [2.45, 2.75) is 0 Å². The monoisotopic (exact) mass is 429 g/mol. The van der Waals surface area contributed by atoms with E-state index < -0.39 is 10.0 Å². The van der Waals surface area contributed by atoms with E-state index in [4.69, 9.17) is 11.6 Å². The van der Waals surface area contributed by atoms with Gasteiger partial charge in [-0.2, -0.15) is 4.98 Å². The second kappa shape index (κ2) is 7.57. The molecule has 11 heteroatoms. The molecule has 0 radical (unpaired) electrons. The van der Waals surface area contributed by atoms with Gasteiger partial charge in [0.15, 0.2) is 5.82 Å². The highest BCUT2D eigenvalue weighted by atomic mass is 35.5. The molecule has 9 nitrogen and oxygen atoms in total. The molecule has 3 N–H and O–H groups in total. The molecule has 0 aliphatic heterocycles. The van der Waals surface area contributed by atoms with Gasteiger partial charge >= 0.3 is 0 Å². The summed E-state index contributed by atoms with van der Waals surface area (Å²) in [5.41, 5.74) is 2.42. The van der Waals surface area contributed by atoms with Crippen LogP contribution in [-0.4, -0.2) is 34.0 Å². The van der Waals surface area contributed by atoms with Crippen molar-refractivity contribution in [3.8, 4) is 0 Å². The number of hydrogen-bond donors (Lipinski definition) is 3. The van der Waals surface area contributed by atoms with Crippen LogP contribution in [-0.2, 0) is 10.0 Å². The Balaban J connectivity index is 1.61. The third-order valence-corrected chi connectivity index (χ3v) is 4.74. The molecule has 0 aliphatic rings. The van der Waals surface area contributed by atoms with Crippen LogP contribution in [0.15, 0.2) is 61.2 Å². The number of rotatable bonds is 6. The van der Waals surface area contributed by atoms with Crippen molar-refractivity contribution in [1.29, 1.82) is 0 Å². The van der Waals surface area contributed by atoms with Gasteiger partial charge in [0.25, 0.3) is 0 Å². The topological polar surface area (TPSA) is 113 Å². The largest absolute Gasteiger partial charge is 0.337 e. The van der Waals surface area contributed by atoms with Gasteiger partial charge in [-0.05, 0) is 18.2 Å². The van der Waals surface area contributed by atoms with Gasteiger partial charge in [0.1, 0.15) is 10.7 Å². The SMILES string of the molecule is CS(=O)(=O)Nc1ccccc1Nc1nc(Nc2ccn3ccnc3c2)ncc1Cl. The van der Waals surface area contributed by atoms with E-state index >= 15 is 0 Å². The molecular weight excluding hydrogens is 414 g/mol. The first-order valence-electron chi connectivity index (χ1n) is 8.43. The quantitative estimate of drug-likeness (QED) is 0.428. The summed E-state index contributed by atoms with van der Waals surface area (Å²) in [4.78, 5) is 12.8. The molecule has 4 aromatic rings. The number of hydrogen-bond acceptors (Lipinski definition) is 7. The maximum atomic E-state index is 11.6. The predicted octanol–water partition coefficient (Wildman–Crippen LogP) is 3.64. The molecule has 0 unspecified atom stereocenters. The number of nitrogens with one attached hydrogen (secondary N) is 3. The van der Waals surface area contributed by atoms with Crippen molar-refractivity contribution in [3.05, 3.63) is 66.2 Å². The third-order valence-electron chi connectivity index (χ3n) is 3.87. The van der Waals surface area contributed by atoms with Crippen LogP contribution in [0.1, 0.15) is 0 Å². The number of fused-ring (bicyclic) bond motifs is 1. The molecule has 0 fully saturated rings. The van der Waals surface area contributed by atoms with E-state index in [0.29, 0.717) is 23.1 Å². The Labute approximate surface area is 171 Å². The molecule has 0 spiro atoms. The molecular formula is C18H16ClN7O2S. The molecule has 0 amide bonds. The number of pyridine rings is 1. The second-order valence-electron chi connectivity index (χ2n) is 6.17. The summed E-state index contributed by atoms with van der Waals surface area (Å²) < 4.78 is 27.5. The Morgan fingerprint density at radius 2 is 1.83 bits per heavy atom. The van der Waals surface area contributed by atoms with Gasteiger partial charge in [0.05, 0.1) is 23.8 Å². The summed E-state index contributed by atoms with van der Waals surface area (Å²) in [6.07, 6.45) is 7.97. The number of sulfonamides is 1. The van der Waals surface area contributed by atoms with Crippen LogP contribution in [0.2, 0.25) is 5.02 Å². The van der Waals surface area contributed by atoms with Gasteiger partial charge in [-0.15, -0.1) is 0 Å². The lowest BCUT2D eigenvalue weighted by atomic mass is 10.2. The number of nitrogens with zero attached hydrogens (tertiary/aromatic N) is 4. The first-order valence-corrected chi connectivity index (χ1v) is 10.7. The van der Waals surface area contributed by atoms with Crippen LogP contribution in [0.4, 0.5) is 28.8 Å². The molecule has 1 aromatic carbocycles. The summed E-state index contributed by atoms with van der Waals surface area (Å²) in [6, 6.07) is 10.6. The van der Waals surface area contributed by atoms with E-state index in [1.165, 1.54) is 6.20 Å². The summed E-state index contributed by atoms with van der Waals surface area (Å²) >= 11 is 6.23. The van der Waals surface area contributed by atoms with Gasteiger partial charge in [-0.25, -0.2) is 18.4 Å². The van der Waals surface area contributed by atoms with Gasteiger partial charge in [0.2, 0.25) is 16.0 Å². The lowest BCUT2D eigenvalue weighted by Crippen LogP contribution is -2.11. The molecule has 29 heavy (non-hydrogen) atoms. The molecule has 3 heterocycles. The predicted molar refractivity (Wildman–Crippen MR) is 114 cm³/mol. The number of aromatic nitrogens is 4. The number of benzene rings is 1. The molecule has 4 rings (SSSR count). The molecule has 0 saturated carbocycles. The Hall–Kier alpha value is -3.37. The van der Waals surface area contributed by atoms with Crippen molar-refractivity contribution >= 4 is 56.1 Å². The minimum Gasteiger partial charge on any atom is -0.337 e. The molecule has 148 valence electrons. The van der Waals surface area contributed by atoms with Crippen molar-refractivity contribution in [1.82, 2.24) is 19.4 Å². The standard InChI is InChI=1S/C18H16ClN7O2S/c1-29(27,28)25-15-5-3-2-4-14(15)23-17-13(19)11-21-18(24-17)22-12-6-8-26-9-7-20-16(26)10-12/h2-11,25H,1H3,(H2,21,22,23,24). The highest BCUT2D eigenvalue weighted by molar-refractivity contribution is 7.92. The average molecular weight is 430 g/mol. The van der Waals surface area contributed by atoms with Gasteiger partial charge in [0, 0.05) is 30.3 Å². The number of imidazole rings is 1. The fraction of sp³-hybridized carbons (Fsp3) is 0.0556. The zero-order valence-electron chi connectivity index (χ0n) is 15.2. The first kappa shape index (κ1) is 19.0. The Morgan fingerprint density at radius 3 is 2.62 bits per heavy atom. The molecule has 0 bridgehead atoms. The summed E-state index contributed by atoms with van der Waals surface area (Å²) in [5.74, 6) is 0.648. The first-order chi connectivity index (χ1) is 13.9. The highest BCUT2D eigenvalue weighted by Gasteiger charge is 2.11. The van der Waals surface area contributed by atoms with Crippen LogP contribution in [0, 0.1) is 0 Å². The fourth-order valence-corrected chi connectivity index (χ4v) is 3.36. The van der Waals surface area contributed by atoms with Crippen molar-refractivity contribution < 1.29 is 8.42 Å². The lowest BCUT2D eigenvalue weighted by Gasteiger charge is -2.14. The second-order valence-corrected chi connectivity index (χ2v) is 8.32. The average Bonchev–Trinajstić information content (AvgIpc) is 3.13. The van der Waals surface area contributed by atoms with Crippen molar-refractivity contribution in [2.75, 3.05) is 21.6 Å². The van der Waals surface area contributed by atoms with E-state index in [1.807, 2.05) is 28.9 Å². The third kappa shape index (κ3) is 4.55. The van der Waals surface area contributed by atoms with Crippen LogP contribution >= 0.6 is 11.6 Å². The zero-order valence-corrected chi connectivity index (χ0v) is 16.7. The van der Waals surface area contributed by atoms with E-state index in [-0.39, 0.29) is 5.02 Å². The van der Waals surface area contributed by atoms with E-state index in [9.17, 15) is 8.42 Å². The van der Waals surface area contributed by atoms with Gasteiger partial charge in [-0.1, -0.05) is 23.7 Å². The molecule has 3 aromatic heterocycles. The van der Waals surface area contributed by atoms with Crippen LogP contribution < -0.4 is 15.4 Å². The minimum atomic E-state index is -3.44. The number of halogens is 1. The summed E-state index contributed by atoms with van der Waals surface area (Å²) in [7, 11) is -3.44. The molecule has 0 saturated heterocycles. The zero-order chi connectivity index (χ0) is 20.4. The van der Waals surface area contributed by atoms with Crippen molar-refractivity contribution in [3.63, 3.8) is 0 Å². The highest BCUT2D eigenvalue weighted by Crippen LogP contribution is 2.29. The van der Waals surface area contributed by atoms with E-state index in [1.54, 1.807) is 30.5 Å². The Morgan fingerprint density at radius 1 is 1.03 bits per heavy atom. The minimum absolute atomic E-state index is 0.286. The maximum absolute atomic E-state index is 11.6. The normalized spacial score (nSPS) is 11.4. The maximum Gasteiger partial charge on any atom is 0.229 e. The van der Waals surface area contributed by atoms with Crippen molar-refractivity contribution in [2.24, 2.45) is 0 Å². The van der Waals surface area contributed by atoms with Gasteiger partial charge in [-0.3, -0.25) is 4.72 Å².